The molecule has 4 aromatic rings. The molecule has 0 radical (unpaired) electrons. The van der Waals surface area contributed by atoms with Crippen LogP contribution in [-0.4, -0.2) is 18.5 Å². The zero-order valence-electron chi connectivity index (χ0n) is 16.4. The quantitative estimate of drug-likeness (QED) is 0.357. The van der Waals surface area contributed by atoms with Crippen LogP contribution in [0.2, 0.25) is 0 Å². The van der Waals surface area contributed by atoms with Crippen LogP contribution >= 0.6 is 0 Å². The number of sulfonamides is 1. The Labute approximate surface area is 180 Å². The lowest BCUT2D eigenvalue weighted by atomic mass is 10.1. The van der Waals surface area contributed by atoms with Gasteiger partial charge in [-0.1, -0.05) is 60.9 Å². The van der Waals surface area contributed by atoms with E-state index in [4.69, 9.17) is 0 Å². The van der Waals surface area contributed by atoms with E-state index in [0.717, 1.165) is 10.9 Å². The Morgan fingerprint density at radius 2 is 1.65 bits per heavy atom. The molecule has 0 saturated carbocycles. The number of nitrogens with one attached hydrogen (secondary N) is 1. The molecule has 0 aliphatic heterocycles. The molecule has 3 aromatic carbocycles. The van der Waals surface area contributed by atoms with E-state index in [2.05, 4.69) is 28.1 Å². The first kappa shape index (κ1) is 20.2. The van der Waals surface area contributed by atoms with Gasteiger partial charge in [-0.05, 0) is 36.4 Å². The summed E-state index contributed by atoms with van der Waals surface area (Å²) in [6.45, 7) is 3.49. The third-order valence-corrected chi connectivity index (χ3v) is 6.01. The van der Waals surface area contributed by atoms with Crippen LogP contribution in [0.4, 0.5) is 5.69 Å². The molecule has 0 spiro atoms. The first-order valence-corrected chi connectivity index (χ1v) is 10.9. The van der Waals surface area contributed by atoms with Crippen molar-refractivity contribution in [3.05, 3.63) is 108 Å². The van der Waals surface area contributed by atoms with E-state index in [-0.39, 0.29) is 10.7 Å². The average Bonchev–Trinajstić information content (AvgIpc) is 2.78. The highest BCUT2D eigenvalue weighted by atomic mass is 32.2. The molecule has 0 amide bonds. The summed E-state index contributed by atoms with van der Waals surface area (Å²) < 4.78 is 28.9. The van der Waals surface area contributed by atoms with Gasteiger partial charge in [-0.3, -0.25) is 9.71 Å². The molecule has 0 atom stereocenters. The maximum atomic E-state index is 13.1. The van der Waals surface area contributed by atoms with Crippen molar-refractivity contribution in [2.75, 3.05) is 4.72 Å². The molecule has 0 aliphatic rings. The molecule has 0 aliphatic carbocycles. The van der Waals surface area contributed by atoms with E-state index in [1.54, 1.807) is 66.9 Å². The predicted molar refractivity (Wildman–Crippen MR) is 123 cm³/mol. The van der Waals surface area contributed by atoms with Gasteiger partial charge in [0.05, 0.1) is 11.2 Å². The molecule has 1 aromatic heterocycles. The van der Waals surface area contributed by atoms with Crippen LogP contribution in [0, 0.1) is 11.8 Å². The molecule has 152 valence electrons. The van der Waals surface area contributed by atoms with Crippen molar-refractivity contribution in [1.29, 1.82) is 0 Å². The summed E-state index contributed by atoms with van der Waals surface area (Å²) in [5.41, 5.74) is 2.66. The van der Waals surface area contributed by atoms with Crippen LogP contribution in [0.1, 0.15) is 16.7 Å². The van der Waals surface area contributed by atoms with Crippen LogP contribution in [0.15, 0.2) is 96.5 Å². The number of pyridine rings is 1. The largest absolute Gasteiger partial charge is 0.508 e. The molecule has 1 heterocycles. The van der Waals surface area contributed by atoms with Crippen LogP contribution in [0.25, 0.3) is 16.7 Å². The summed E-state index contributed by atoms with van der Waals surface area (Å²) in [5.74, 6) is 6.01. The monoisotopic (exact) mass is 426 g/mol. The topological polar surface area (TPSA) is 79.3 Å². The first-order valence-electron chi connectivity index (χ1n) is 9.40. The SMILES string of the molecule is C=C(O)c1ccc(C#Cc2ccccc2NS(=O)(=O)c2cccc3cccnc23)cc1. The zero-order chi connectivity index (χ0) is 21.8. The van der Waals surface area contributed by atoms with E-state index < -0.39 is 10.0 Å². The summed E-state index contributed by atoms with van der Waals surface area (Å²) in [4.78, 5) is 4.34. The van der Waals surface area contributed by atoms with Crippen molar-refractivity contribution in [3.63, 3.8) is 0 Å². The highest BCUT2D eigenvalue weighted by Crippen LogP contribution is 2.24. The number of benzene rings is 3. The number of nitrogens with zero attached hydrogens (tertiary/aromatic N) is 1. The second kappa shape index (κ2) is 8.34. The van der Waals surface area contributed by atoms with E-state index in [1.807, 2.05) is 12.1 Å². The molecule has 0 bridgehead atoms. The van der Waals surface area contributed by atoms with Gasteiger partial charge in [0.15, 0.2) is 0 Å². The van der Waals surface area contributed by atoms with Crippen molar-refractivity contribution in [2.45, 2.75) is 4.90 Å². The van der Waals surface area contributed by atoms with Gasteiger partial charge in [0.1, 0.15) is 10.7 Å². The molecule has 6 heteroatoms. The number of aliphatic hydroxyl groups excluding tert-OH is 1. The van der Waals surface area contributed by atoms with Gasteiger partial charge < -0.3 is 5.11 Å². The minimum atomic E-state index is -3.88. The number of fused-ring (bicyclic) bond motifs is 1. The lowest BCUT2D eigenvalue weighted by molar-refractivity contribution is 0.514. The molecule has 0 saturated heterocycles. The Kier molecular flexibility index (Phi) is 5.44. The fourth-order valence-corrected chi connectivity index (χ4v) is 4.32. The number of anilines is 1. The minimum absolute atomic E-state index is 0.0119. The lowest BCUT2D eigenvalue weighted by Gasteiger charge is -2.11. The van der Waals surface area contributed by atoms with Crippen molar-refractivity contribution in [1.82, 2.24) is 4.98 Å². The predicted octanol–water partition coefficient (Wildman–Crippen LogP) is 4.96. The van der Waals surface area contributed by atoms with Gasteiger partial charge in [0.25, 0.3) is 10.0 Å². The molecule has 0 fully saturated rings. The fraction of sp³-hybridized carbons (Fsp3) is 0. The molecule has 2 N–H and O–H groups in total. The Morgan fingerprint density at radius 3 is 2.42 bits per heavy atom. The van der Waals surface area contributed by atoms with E-state index in [1.165, 1.54) is 6.07 Å². The third kappa shape index (κ3) is 4.42. The Balaban J connectivity index is 1.67. The number of hydrogen-bond acceptors (Lipinski definition) is 4. The summed E-state index contributed by atoms with van der Waals surface area (Å²) in [6, 6.07) is 22.5. The van der Waals surface area contributed by atoms with E-state index in [0.29, 0.717) is 22.3 Å². The minimum Gasteiger partial charge on any atom is -0.508 e. The first-order chi connectivity index (χ1) is 14.9. The lowest BCUT2D eigenvalue weighted by Crippen LogP contribution is -2.14. The van der Waals surface area contributed by atoms with Crippen LogP contribution in [0.5, 0.6) is 0 Å². The van der Waals surface area contributed by atoms with Crippen molar-refractivity contribution in [3.8, 4) is 11.8 Å². The summed E-state index contributed by atoms with van der Waals surface area (Å²) in [6.07, 6.45) is 1.57. The van der Waals surface area contributed by atoms with E-state index >= 15 is 0 Å². The van der Waals surface area contributed by atoms with Crippen LogP contribution < -0.4 is 4.72 Å². The number of aliphatic hydroxyl groups is 1. The summed E-state index contributed by atoms with van der Waals surface area (Å²) in [7, 11) is -3.88. The number of hydrogen-bond donors (Lipinski definition) is 2. The maximum Gasteiger partial charge on any atom is 0.264 e. The van der Waals surface area contributed by atoms with Gasteiger partial charge in [0.2, 0.25) is 0 Å². The molecule has 4 rings (SSSR count). The molecule has 31 heavy (non-hydrogen) atoms. The average molecular weight is 426 g/mol. The fourth-order valence-electron chi connectivity index (χ4n) is 3.06. The Hall–Kier alpha value is -4.08. The molecule has 5 nitrogen and oxygen atoms in total. The van der Waals surface area contributed by atoms with Crippen LogP contribution in [0.3, 0.4) is 0 Å². The maximum absolute atomic E-state index is 13.1. The molecular weight excluding hydrogens is 408 g/mol. The number of para-hydroxylation sites is 2. The van der Waals surface area contributed by atoms with Crippen molar-refractivity contribution in [2.24, 2.45) is 0 Å². The van der Waals surface area contributed by atoms with Gasteiger partial charge in [-0.15, -0.1) is 0 Å². The van der Waals surface area contributed by atoms with Gasteiger partial charge in [0, 0.05) is 28.3 Å². The van der Waals surface area contributed by atoms with Gasteiger partial charge in [-0.25, -0.2) is 8.42 Å². The summed E-state index contributed by atoms with van der Waals surface area (Å²) in [5, 5.41) is 10.2. The highest BCUT2D eigenvalue weighted by Gasteiger charge is 2.19. The zero-order valence-corrected chi connectivity index (χ0v) is 17.2. The molecular formula is C25H18N2O3S. The van der Waals surface area contributed by atoms with Gasteiger partial charge in [-0.2, -0.15) is 0 Å². The Morgan fingerprint density at radius 1 is 0.903 bits per heavy atom. The number of aromatic nitrogens is 1. The third-order valence-electron chi connectivity index (χ3n) is 4.62. The van der Waals surface area contributed by atoms with E-state index in [9.17, 15) is 13.5 Å². The smallest absolute Gasteiger partial charge is 0.264 e. The second-order valence-corrected chi connectivity index (χ2v) is 8.41. The highest BCUT2D eigenvalue weighted by molar-refractivity contribution is 7.93. The summed E-state index contributed by atoms with van der Waals surface area (Å²) >= 11 is 0. The number of rotatable bonds is 4. The second-order valence-electron chi connectivity index (χ2n) is 6.76. The van der Waals surface area contributed by atoms with Crippen molar-refractivity contribution >= 4 is 32.4 Å². The standard InChI is InChI=1S/C25H18N2O3S/c1-18(28)20-14-11-19(12-15-20)13-16-21-6-2-3-9-23(21)27-31(29,30)24-10-4-7-22-8-5-17-26-25(22)24/h2-12,14-15,17,27-28H,1H2. The van der Waals surface area contributed by atoms with Crippen LogP contribution in [-0.2, 0) is 10.0 Å². The Bertz CT molecular complexity index is 1440. The van der Waals surface area contributed by atoms with Crippen molar-refractivity contribution < 1.29 is 13.5 Å². The molecule has 0 unspecified atom stereocenters. The van der Waals surface area contributed by atoms with Gasteiger partial charge >= 0.3 is 0 Å². The normalized spacial score (nSPS) is 10.8.